The van der Waals surface area contributed by atoms with Gasteiger partial charge in [0.25, 0.3) is 11.5 Å². The maximum Gasteiger partial charge on any atom is 0.305 e. The smallest absolute Gasteiger partial charge is 0.305 e. The Morgan fingerprint density at radius 1 is 1.33 bits per heavy atom. The van der Waals surface area contributed by atoms with Crippen molar-refractivity contribution in [2.45, 2.75) is 32.6 Å². The second-order valence-corrected chi connectivity index (χ2v) is 8.39. The highest BCUT2D eigenvalue weighted by Gasteiger charge is 2.32. The van der Waals surface area contributed by atoms with Crippen molar-refractivity contribution < 1.29 is 14.7 Å². The predicted molar refractivity (Wildman–Crippen MR) is 122 cm³/mol. The van der Waals surface area contributed by atoms with Crippen LogP contribution in [-0.2, 0) is 9.59 Å². The summed E-state index contributed by atoms with van der Waals surface area (Å²) < 4.78 is 1.70. The van der Waals surface area contributed by atoms with Crippen LogP contribution in [-0.4, -0.2) is 48.7 Å². The van der Waals surface area contributed by atoms with Crippen molar-refractivity contribution in [3.8, 4) is 0 Å². The maximum absolute atomic E-state index is 13.1. The summed E-state index contributed by atoms with van der Waals surface area (Å²) in [6.45, 7) is 2.76. The lowest BCUT2D eigenvalue weighted by molar-refractivity contribution is -0.137. The molecule has 8 nitrogen and oxygen atoms in total. The average molecular weight is 447 g/mol. The highest BCUT2D eigenvalue weighted by atomic mass is 32.2. The van der Waals surface area contributed by atoms with Crippen LogP contribution in [0.2, 0.25) is 0 Å². The van der Waals surface area contributed by atoms with Gasteiger partial charge in [0.1, 0.15) is 15.8 Å². The van der Waals surface area contributed by atoms with E-state index in [-0.39, 0.29) is 33.3 Å². The van der Waals surface area contributed by atoms with Gasteiger partial charge in [-0.1, -0.05) is 49.8 Å². The molecule has 2 aromatic rings. The average Bonchev–Trinajstić information content (AvgIpc) is 2.99. The van der Waals surface area contributed by atoms with Crippen molar-refractivity contribution in [2.75, 3.05) is 18.4 Å². The van der Waals surface area contributed by atoms with Crippen LogP contribution in [0.1, 0.15) is 38.2 Å². The van der Waals surface area contributed by atoms with E-state index in [4.69, 9.17) is 17.3 Å². The van der Waals surface area contributed by atoms with Crippen LogP contribution < -0.4 is 10.9 Å². The Morgan fingerprint density at radius 3 is 2.87 bits per heavy atom. The molecule has 1 fully saturated rings. The molecule has 0 atom stereocenters. The molecule has 158 valence electrons. The fourth-order valence-corrected chi connectivity index (χ4v) is 4.27. The fourth-order valence-electron chi connectivity index (χ4n) is 2.98. The van der Waals surface area contributed by atoms with Crippen LogP contribution in [0.4, 0.5) is 5.82 Å². The summed E-state index contributed by atoms with van der Waals surface area (Å²) in [6, 6.07) is 5.28. The molecule has 1 amide bonds. The summed E-state index contributed by atoms with van der Waals surface area (Å²) in [7, 11) is 0. The normalized spacial score (nSPS) is 15.4. The highest BCUT2D eigenvalue weighted by Crippen LogP contribution is 2.33. The molecule has 2 aromatic heterocycles. The Labute approximate surface area is 183 Å². The maximum atomic E-state index is 13.1. The number of fused-ring (bicyclic) bond motifs is 1. The lowest BCUT2D eigenvalue weighted by Gasteiger charge is -2.12. The van der Waals surface area contributed by atoms with E-state index in [9.17, 15) is 14.4 Å². The van der Waals surface area contributed by atoms with Gasteiger partial charge in [-0.25, -0.2) is 4.98 Å². The number of rotatable bonds is 9. The van der Waals surface area contributed by atoms with Crippen molar-refractivity contribution in [2.24, 2.45) is 0 Å². The quantitative estimate of drug-likeness (QED) is 0.344. The van der Waals surface area contributed by atoms with Crippen LogP contribution in [0.3, 0.4) is 0 Å². The number of amides is 1. The Hall–Kier alpha value is -2.72. The van der Waals surface area contributed by atoms with Gasteiger partial charge >= 0.3 is 5.97 Å². The molecule has 0 unspecified atom stereocenters. The van der Waals surface area contributed by atoms with Gasteiger partial charge < -0.3 is 10.4 Å². The van der Waals surface area contributed by atoms with Crippen LogP contribution >= 0.6 is 24.0 Å². The number of carbonyl (C=O) groups is 2. The van der Waals surface area contributed by atoms with E-state index in [1.807, 2.05) is 0 Å². The van der Waals surface area contributed by atoms with E-state index in [1.54, 1.807) is 24.4 Å². The molecule has 0 aromatic carbocycles. The topological polar surface area (TPSA) is 104 Å². The number of hydrogen-bond donors (Lipinski definition) is 2. The zero-order chi connectivity index (χ0) is 21.7. The standard InChI is InChI=1S/C20H22N4O4S2/c1-2-3-5-9-21-17-13(18(27)23-10-6-4-7-15(23)22-17)12-14-19(28)24(20(29)30-14)11-8-16(25)26/h4,6-7,10,12,21H,2-3,5,8-9,11H2,1H3,(H,25,26). The number of anilines is 1. The number of thioether (sulfide) groups is 1. The number of hydrogen-bond acceptors (Lipinski definition) is 7. The van der Waals surface area contributed by atoms with E-state index in [0.717, 1.165) is 31.0 Å². The summed E-state index contributed by atoms with van der Waals surface area (Å²) in [5.74, 6) is -0.998. The van der Waals surface area contributed by atoms with E-state index in [0.29, 0.717) is 18.0 Å². The number of unbranched alkanes of at least 4 members (excludes halogenated alkanes) is 2. The number of aromatic nitrogens is 2. The van der Waals surface area contributed by atoms with Crippen LogP contribution in [0.5, 0.6) is 0 Å². The molecule has 0 aliphatic carbocycles. The molecule has 3 rings (SSSR count). The van der Waals surface area contributed by atoms with Gasteiger partial charge in [-0.05, 0) is 24.6 Å². The second kappa shape index (κ2) is 9.86. The first-order valence-corrected chi connectivity index (χ1v) is 10.9. The molecular weight excluding hydrogens is 424 g/mol. The zero-order valence-corrected chi connectivity index (χ0v) is 18.1. The first-order valence-electron chi connectivity index (χ1n) is 9.64. The minimum Gasteiger partial charge on any atom is -0.481 e. The van der Waals surface area contributed by atoms with Gasteiger partial charge in [0, 0.05) is 19.3 Å². The molecule has 30 heavy (non-hydrogen) atoms. The van der Waals surface area contributed by atoms with Crippen molar-refractivity contribution in [1.29, 1.82) is 0 Å². The summed E-state index contributed by atoms with van der Waals surface area (Å²) in [5, 5.41) is 12.1. The van der Waals surface area contributed by atoms with E-state index < -0.39 is 11.9 Å². The minimum atomic E-state index is -1.01. The number of carboxylic acid groups (broad SMARTS) is 1. The van der Waals surface area contributed by atoms with Crippen molar-refractivity contribution >= 4 is 57.7 Å². The summed E-state index contributed by atoms with van der Waals surface area (Å²) in [6.07, 6.45) is 5.98. The zero-order valence-electron chi connectivity index (χ0n) is 16.5. The van der Waals surface area contributed by atoms with Gasteiger partial charge in [-0.3, -0.25) is 23.7 Å². The Morgan fingerprint density at radius 2 is 2.13 bits per heavy atom. The predicted octanol–water partition coefficient (Wildman–Crippen LogP) is 2.97. The molecule has 1 aliphatic rings. The molecule has 0 spiro atoms. The van der Waals surface area contributed by atoms with Gasteiger partial charge in [0.2, 0.25) is 0 Å². The Kier molecular flexibility index (Phi) is 7.22. The Balaban J connectivity index is 1.98. The molecule has 10 heteroatoms. The number of carbonyl (C=O) groups excluding carboxylic acids is 1. The molecule has 2 N–H and O–H groups in total. The monoisotopic (exact) mass is 446 g/mol. The van der Waals surface area contributed by atoms with Crippen LogP contribution in [0.15, 0.2) is 34.1 Å². The SMILES string of the molecule is CCCCCNc1nc2ccccn2c(=O)c1C=C1SC(=S)N(CCC(=O)O)C1=O. The van der Waals surface area contributed by atoms with Crippen LogP contribution in [0.25, 0.3) is 11.7 Å². The van der Waals surface area contributed by atoms with Crippen molar-refractivity contribution in [1.82, 2.24) is 14.3 Å². The highest BCUT2D eigenvalue weighted by molar-refractivity contribution is 8.26. The molecule has 3 heterocycles. The molecule has 1 aliphatic heterocycles. The van der Waals surface area contributed by atoms with Gasteiger partial charge in [-0.2, -0.15) is 0 Å². The first-order chi connectivity index (χ1) is 14.4. The third-order valence-electron chi connectivity index (χ3n) is 4.54. The molecule has 0 bridgehead atoms. The van der Waals surface area contributed by atoms with Gasteiger partial charge in [-0.15, -0.1) is 0 Å². The largest absolute Gasteiger partial charge is 0.481 e. The number of carboxylic acids is 1. The van der Waals surface area contributed by atoms with Crippen molar-refractivity contribution in [3.05, 3.63) is 45.2 Å². The molecule has 1 saturated heterocycles. The number of pyridine rings is 1. The molecule has 0 radical (unpaired) electrons. The molecular formula is C20H22N4O4S2. The lowest BCUT2D eigenvalue weighted by atomic mass is 10.2. The van der Waals surface area contributed by atoms with E-state index >= 15 is 0 Å². The third-order valence-corrected chi connectivity index (χ3v) is 5.92. The minimum absolute atomic E-state index is 0.00554. The molecule has 0 saturated carbocycles. The van der Waals surface area contributed by atoms with Crippen molar-refractivity contribution in [3.63, 3.8) is 0 Å². The summed E-state index contributed by atoms with van der Waals surface area (Å²) >= 11 is 6.28. The van der Waals surface area contributed by atoms with E-state index in [2.05, 4.69) is 17.2 Å². The number of thiocarbonyl (C=S) groups is 1. The van der Waals surface area contributed by atoms with Gasteiger partial charge in [0.15, 0.2) is 0 Å². The summed E-state index contributed by atoms with van der Waals surface area (Å²) in [5.41, 5.74) is 0.481. The third kappa shape index (κ3) is 4.88. The number of aliphatic carboxylic acids is 1. The second-order valence-electron chi connectivity index (χ2n) is 6.72. The van der Waals surface area contributed by atoms with Crippen LogP contribution in [0, 0.1) is 0 Å². The first kappa shape index (κ1) is 22.0. The summed E-state index contributed by atoms with van der Waals surface area (Å²) in [4.78, 5) is 42.8. The number of nitrogens with zero attached hydrogens (tertiary/aromatic N) is 3. The van der Waals surface area contributed by atoms with E-state index in [1.165, 1.54) is 15.4 Å². The van der Waals surface area contributed by atoms with Gasteiger partial charge in [0.05, 0.1) is 16.9 Å². The lowest BCUT2D eigenvalue weighted by Crippen LogP contribution is -2.30. The number of nitrogens with one attached hydrogen (secondary N) is 1. The fraction of sp³-hybridized carbons (Fsp3) is 0.350. The Bertz CT molecular complexity index is 1080.